The Hall–Kier alpha value is -5.71. The molecule has 232 valence electrons. The number of halogens is 3. The number of aryl methyl sites for hydroxylation is 1. The molecule has 0 bridgehead atoms. The topological polar surface area (TPSA) is 96.5 Å². The van der Waals surface area contributed by atoms with Crippen molar-refractivity contribution in [2.24, 2.45) is 0 Å². The van der Waals surface area contributed by atoms with E-state index in [4.69, 9.17) is 4.74 Å². The van der Waals surface area contributed by atoms with Crippen molar-refractivity contribution in [2.75, 3.05) is 16.8 Å². The van der Waals surface area contributed by atoms with E-state index in [0.717, 1.165) is 49.1 Å². The van der Waals surface area contributed by atoms with Crippen molar-refractivity contribution in [3.8, 4) is 17.0 Å². The molecule has 0 saturated carbocycles. The largest absolute Gasteiger partial charge is 0.416 e. The van der Waals surface area contributed by atoms with E-state index in [-0.39, 0.29) is 23.8 Å². The Morgan fingerprint density at radius 1 is 0.870 bits per heavy atom. The molecule has 0 fully saturated rings. The molecule has 0 atom stereocenters. The number of hydrogen-bond donors (Lipinski definition) is 2. The second-order valence-electron chi connectivity index (χ2n) is 10.6. The van der Waals surface area contributed by atoms with Crippen LogP contribution in [0.3, 0.4) is 0 Å². The van der Waals surface area contributed by atoms with Gasteiger partial charge in [0.05, 0.1) is 5.56 Å². The number of benzene rings is 4. The summed E-state index contributed by atoms with van der Waals surface area (Å²) in [6.07, 6.45) is -1.92. The van der Waals surface area contributed by atoms with Crippen molar-refractivity contribution in [1.82, 2.24) is 15.3 Å². The summed E-state index contributed by atoms with van der Waals surface area (Å²) in [5.41, 5.74) is 4.82. The quantitative estimate of drug-likeness (QED) is 0.192. The highest BCUT2D eigenvalue weighted by molar-refractivity contribution is 6.08. The van der Waals surface area contributed by atoms with Crippen LogP contribution in [0.15, 0.2) is 109 Å². The van der Waals surface area contributed by atoms with Crippen LogP contribution in [-0.4, -0.2) is 28.5 Å². The Kier molecular flexibility index (Phi) is 8.64. The van der Waals surface area contributed by atoms with Crippen molar-refractivity contribution in [3.63, 3.8) is 0 Å². The van der Waals surface area contributed by atoms with Crippen molar-refractivity contribution < 1.29 is 27.5 Å². The average molecular weight is 624 g/mol. The zero-order valence-electron chi connectivity index (χ0n) is 24.4. The molecule has 1 aliphatic heterocycles. The number of carbonyl (C=O) groups is 2. The van der Waals surface area contributed by atoms with Gasteiger partial charge < -0.3 is 20.3 Å². The molecule has 46 heavy (non-hydrogen) atoms. The fourth-order valence-electron chi connectivity index (χ4n) is 5.32. The first-order chi connectivity index (χ1) is 22.2. The first kappa shape index (κ1) is 30.3. The first-order valence-electron chi connectivity index (χ1n) is 14.5. The molecule has 1 aromatic heterocycles. The minimum absolute atomic E-state index is 0.0693. The lowest BCUT2D eigenvalue weighted by atomic mass is 9.98. The molecule has 8 nitrogen and oxygen atoms in total. The van der Waals surface area contributed by atoms with Gasteiger partial charge in [0.25, 0.3) is 5.91 Å². The Morgan fingerprint density at radius 2 is 1.61 bits per heavy atom. The van der Waals surface area contributed by atoms with Gasteiger partial charge in [-0.05, 0) is 71.5 Å². The van der Waals surface area contributed by atoms with Gasteiger partial charge in [0.1, 0.15) is 12.1 Å². The lowest BCUT2D eigenvalue weighted by Crippen LogP contribution is -2.27. The van der Waals surface area contributed by atoms with Crippen LogP contribution < -0.4 is 20.3 Å². The van der Waals surface area contributed by atoms with E-state index < -0.39 is 23.7 Å². The van der Waals surface area contributed by atoms with Gasteiger partial charge >= 0.3 is 12.3 Å². The highest BCUT2D eigenvalue weighted by Crippen LogP contribution is 2.34. The minimum atomic E-state index is -4.47. The van der Waals surface area contributed by atoms with Gasteiger partial charge in [0.2, 0.25) is 5.88 Å². The van der Waals surface area contributed by atoms with Gasteiger partial charge in [0, 0.05) is 36.1 Å². The van der Waals surface area contributed by atoms with E-state index >= 15 is 0 Å². The van der Waals surface area contributed by atoms with Gasteiger partial charge in [-0.2, -0.15) is 13.2 Å². The number of para-hydroxylation sites is 1. The number of anilines is 3. The number of hydrogen-bond acceptors (Lipinski definition) is 6. The second-order valence-corrected chi connectivity index (χ2v) is 10.6. The molecule has 0 unspecified atom stereocenters. The van der Waals surface area contributed by atoms with Crippen LogP contribution in [0.25, 0.3) is 11.1 Å². The fraction of sp³-hybridized carbons (Fsp3) is 0.143. The maximum absolute atomic E-state index is 13.1. The number of fused-ring (bicyclic) bond motifs is 1. The van der Waals surface area contributed by atoms with Crippen LogP contribution in [0.2, 0.25) is 0 Å². The number of carbonyl (C=O) groups excluding carboxylic acids is 2. The maximum Gasteiger partial charge on any atom is 0.416 e. The molecule has 6 rings (SSSR count). The second kappa shape index (κ2) is 13.1. The monoisotopic (exact) mass is 623 g/mol. The van der Waals surface area contributed by atoms with Crippen LogP contribution in [0.1, 0.15) is 33.5 Å². The molecule has 0 aliphatic carbocycles. The van der Waals surface area contributed by atoms with Gasteiger partial charge in [0.15, 0.2) is 0 Å². The summed E-state index contributed by atoms with van der Waals surface area (Å²) in [6.45, 7) is 1.17. The molecule has 2 amide bonds. The number of nitrogens with zero attached hydrogens (tertiary/aromatic N) is 3. The number of alkyl halides is 3. The summed E-state index contributed by atoms with van der Waals surface area (Å²) in [7, 11) is 0. The van der Waals surface area contributed by atoms with E-state index in [1.165, 1.54) is 29.4 Å². The standard InChI is InChI=1S/C35H28F3N5O3/c36-35(37,38)26-15-13-24(14-16-26)28-8-2-3-9-29(28)33(44)42-31-20-32(41-22-40-31)46-34(45)39-21-23-11-17-27(18-12-23)43-19-5-7-25-6-1-4-10-30(25)43/h1-4,6,8-18,20,22H,5,7,19,21H2,(H,39,45)(H,40,41,42,44). The SMILES string of the molecule is O=C(NCc1ccc(N2CCCc3ccccc32)cc1)Oc1cc(NC(=O)c2ccccc2-c2ccc(C(F)(F)F)cc2)ncn1. The third-order valence-corrected chi connectivity index (χ3v) is 7.57. The lowest BCUT2D eigenvalue weighted by Gasteiger charge is -2.31. The minimum Gasteiger partial charge on any atom is -0.391 e. The maximum atomic E-state index is 13.1. The van der Waals surface area contributed by atoms with Gasteiger partial charge in [-0.25, -0.2) is 14.8 Å². The number of amides is 2. The highest BCUT2D eigenvalue weighted by Gasteiger charge is 2.30. The lowest BCUT2D eigenvalue weighted by molar-refractivity contribution is -0.137. The van der Waals surface area contributed by atoms with E-state index in [1.54, 1.807) is 24.3 Å². The molecule has 5 aromatic rings. The molecule has 4 aromatic carbocycles. The number of nitrogens with one attached hydrogen (secondary N) is 2. The fourth-order valence-corrected chi connectivity index (χ4v) is 5.32. The third kappa shape index (κ3) is 6.99. The zero-order chi connectivity index (χ0) is 32.1. The third-order valence-electron chi connectivity index (χ3n) is 7.57. The van der Waals surface area contributed by atoms with Gasteiger partial charge in [-0.15, -0.1) is 0 Å². The normalized spacial score (nSPS) is 12.6. The molecule has 11 heteroatoms. The molecule has 0 radical (unpaired) electrons. The summed E-state index contributed by atoms with van der Waals surface area (Å²) in [4.78, 5) is 35.9. The van der Waals surface area contributed by atoms with Crippen LogP contribution in [0.5, 0.6) is 5.88 Å². The zero-order valence-corrected chi connectivity index (χ0v) is 24.4. The summed E-state index contributed by atoms with van der Waals surface area (Å²) in [6, 6.07) is 28.7. The van der Waals surface area contributed by atoms with Crippen molar-refractivity contribution >= 4 is 29.2 Å². The van der Waals surface area contributed by atoms with Crippen molar-refractivity contribution in [3.05, 3.63) is 132 Å². The number of rotatable bonds is 7. The van der Waals surface area contributed by atoms with E-state index in [1.807, 2.05) is 30.3 Å². The van der Waals surface area contributed by atoms with E-state index in [9.17, 15) is 22.8 Å². The smallest absolute Gasteiger partial charge is 0.391 e. The molecular weight excluding hydrogens is 595 g/mol. The first-order valence-corrected chi connectivity index (χ1v) is 14.5. The van der Waals surface area contributed by atoms with Crippen LogP contribution >= 0.6 is 0 Å². The molecule has 2 heterocycles. The Labute approximate surface area is 262 Å². The van der Waals surface area contributed by atoms with Crippen LogP contribution in [0, 0.1) is 0 Å². The number of ether oxygens (including phenoxy) is 1. The van der Waals surface area contributed by atoms with E-state index in [0.29, 0.717) is 11.1 Å². The van der Waals surface area contributed by atoms with Crippen molar-refractivity contribution in [1.29, 1.82) is 0 Å². The van der Waals surface area contributed by atoms with Gasteiger partial charge in [-0.1, -0.05) is 60.7 Å². The predicted molar refractivity (Wildman–Crippen MR) is 168 cm³/mol. The molecular formula is C35H28F3N5O3. The van der Waals surface area contributed by atoms with Crippen LogP contribution in [-0.2, 0) is 19.1 Å². The molecule has 2 N–H and O–H groups in total. The molecule has 0 saturated heterocycles. The van der Waals surface area contributed by atoms with Crippen LogP contribution in [0.4, 0.5) is 35.2 Å². The summed E-state index contributed by atoms with van der Waals surface area (Å²) in [5, 5.41) is 5.32. The Morgan fingerprint density at radius 3 is 2.39 bits per heavy atom. The predicted octanol–water partition coefficient (Wildman–Crippen LogP) is 7.79. The summed E-state index contributed by atoms with van der Waals surface area (Å²) in [5.74, 6) is -0.570. The van der Waals surface area contributed by atoms with Gasteiger partial charge in [-0.3, -0.25) is 4.79 Å². The summed E-state index contributed by atoms with van der Waals surface area (Å²) >= 11 is 0. The van der Waals surface area contributed by atoms with Crippen molar-refractivity contribution in [2.45, 2.75) is 25.6 Å². The van der Waals surface area contributed by atoms with E-state index in [2.05, 4.69) is 43.7 Å². The molecule has 1 aliphatic rings. The summed E-state index contributed by atoms with van der Waals surface area (Å²) < 4.78 is 44.3. The molecule has 0 spiro atoms. The number of aromatic nitrogens is 2. The Balaban J connectivity index is 1.06. The Bertz CT molecular complexity index is 1860. The highest BCUT2D eigenvalue weighted by atomic mass is 19.4. The average Bonchev–Trinajstić information content (AvgIpc) is 3.07.